The second kappa shape index (κ2) is 8.16. The van der Waals surface area contributed by atoms with Crippen LogP contribution in [-0.2, 0) is 4.79 Å². The van der Waals surface area contributed by atoms with Crippen molar-refractivity contribution in [3.8, 4) is 11.5 Å². The van der Waals surface area contributed by atoms with Crippen molar-refractivity contribution in [2.75, 3.05) is 0 Å². The Bertz CT molecular complexity index is 683. The van der Waals surface area contributed by atoms with Gasteiger partial charge in [-0.2, -0.15) is 0 Å². The fraction of sp³-hybridized carbons (Fsp3) is 0.471. The summed E-state index contributed by atoms with van der Waals surface area (Å²) in [6.45, 7) is 1.87. The highest BCUT2D eigenvalue weighted by Gasteiger charge is 2.22. The van der Waals surface area contributed by atoms with Crippen molar-refractivity contribution < 1.29 is 9.21 Å². The van der Waals surface area contributed by atoms with Gasteiger partial charge >= 0.3 is 0 Å². The number of carbonyl (C=O) groups is 1. The van der Waals surface area contributed by atoms with E-state index in [9.17, 15) is 4.79 Å². The summed E-state index contributed by atoms with van der Waals surface area (Å²) in [4.78, 5) is 12.3. The molecule has 0 bridgehead atoms. The van der Waals surface area contributed by atoms with Gasteiger partial charge in [0.05, 0.1) is 5.25 Å². The van der Waals surface area contributed by atoms with Crippen molar-refractivity contribution in [2.24, 2.45) is 0 Å². The highest BCUT2D eigenvalue weighted by atomic mass is 79.9. The van der Waals surface area contributed by atoms with Gasteiger partial charge in [-0.15, -0.1) is 10.2 Å². The van der Waals surface area contributed by atoms with Gasteiger partial charge in [0.15, 0.2) is 0 Å². The van der Waals surface area contributed by atoms with E-state index in [1.54, 1.807) is 0 Å². The summed E-state index contributed by atoms with van der Waals surface area (Å²) in [6.07, 6.45) is 5.84. The van der Waals surface area contributed by atoms with Crippen LogP contribution in [0.15, 0.2) is 38.4 Å². The standard InChI is InChI=1S/C17H20BrN3O2S/c1-11(15(22)19-14-5-3-2-4-6-14)24-17-21-20-16(23-17)12-7-9-13(18)10-8-12/h7-11,14H,2-6H2,1H3,(H,19,22). The summed E-state index contributed by atoms with van der Waals surface area (Å²) in [7, 11) is 0. The molecule has 0 radical (unpaired) electrons. The van der Waals surface area contributed by atoms with E-state index in [1.165, 1.54) is 31.0 Å². The van der Waals surface area contributed by atoms with Crippen LogP contribution in [0.2, 0.25) is 0 Å². The number of rotatable bonds is 5. The third-order valence-corrected chi connectivity index (χ3v) is 5.56. The third-order valence-electron chi connectivity index (χ3n) is 4.10. The fourth-order valence-electron chi connectivity index (χ4n) is 2.74. The molecule has 7 heteroatoms. The van der Waals surface area contributed by atoms with Gasteiger partial charge in [0.1, 0.15) is 0 Å². The van der Waals surface area contributed by atoms with Gasteiger partial charge in [-0.1, -0.05) is 47.0 Å². The van der Waals surface area contributed by atoms with Crippen LogP contribution in [0.3, 0.4) is 0 Å². The maximum Gasteiger partial charge on any atom is 0.277 e. The lowest BCUT2D eigenvalue weighted by Gasteiger charge is -2.23. The lowest BCUT2D eigenvalue weighted by atomic mass is 9.95. The normalized spacial score (nSPS) is 16.8. The monoisotopic (exact) mass is 409 g/mol. The predicted molar refractivity (Wildman–Crippen MR) is 97.8 cm³/mol. The Morgan fingerprint density at radius 2 is 1.96 bits per heavy atom. The van der Waals surface area contributed by atoms with E-state index in [-0.39, 0.29) is 11.2 Å². The first-order chi connectivity index (χ1) is 11.6. The molecule has 1 heterocycles. The Labute approximate surface area is 154 Å². The summed E-state index contributed by atoms with van der Waals surface area (Å²) in [5, 5.41) is 11.4. The Balaban J connectivity index is 1.57. The van der Waals surface area contributed by atoms with Gasteiger partial charge < -0.3 is 9.73 Å². The van der Waals surface area contributed by atoms with Gasteiger partial charge in [0, 0.05) is 16.1 Å². The number of nitrogens with one attached hydrogen (secondary N) is 1. The van der Waals surface area contributed by atoms with Crippen molar-refractivity contribution in [3.63, 3.8) is 0 Å². The first kappa shape index (κ1) is 17.5. The number of hydrogen-bond donors (Lipinski definition) is 1. The molecule has 1 amide bonds. The summed E-state index contributed by atoms with van der Waals surface area (Å²) in [6, 6.07) is 7.98. The van der Waals surface area contributed by atoms with E-state index in [0.29, 0.717) is 17.2 Å². The molecule has 1 atom stereocenters. The van der Waals surface area contributed by atoms with Gasteiger partial charge in [-0.25, -0.2) is 0 Å². The second-order valence-corrected chi connectivity index (χ2v) is 8.19. The quantitative estimate of drug-likeness (QED) is 0.739. The molecule has 1 aliphatic carbocycles. The van der Waals surface area contributed by atoms with E-state index in [4.69, 9.17) is 4.42 Å². The van der Waals surface area contributed by atoms with E-state index in [0.717, 1.165) is 22.9 Å². The van der Waals surface area contributed by atoms with Crippen molar-refractivity contribution >= 4 is 33.6 Å². The molecular formula is C17H20BrN3O2S. The molecule has 1 aliphatic rings. The minimum Gasteiger partial charge on any atom is -0.411 e. The molecule has 1 N–H and O–H groups in total. The van der Waals surface area contributed by atoms with Gasteiger partial charge in [0.2, 0.25) is 11.8 Å². The molecular weight excluding hydrogens is 390 g/mol. The highest BCUT2D eigenvalue weighted by Crippen LogP contribution is 2.27. The predicted octanol–water partition coefficient (Wildman–Crippen LogP) is 4.43. The van der Waals surface area contributed by atoms with Crippen LogP contribution in [0, 0.1) is 0 Å². The fourth-order valence-corrected chi connectivity index (χ4v) is 3.69. The minimum absolute atomic E-state index is 0.0373. The number of carbonyl (C=O) groups excluding carboxylic acids is 1. The Kier molecular flexibility index (Phi) is 5.94. The maximum absolute atomic E-state index is 12.3. The molecule has 1 aromatic heterocycles. The molecule has 0 saturated heterocycles. The zero-order valence-corrected chi connectivity index (χ0v) is 15.9. The second-order valence-electron chi connectivity index (χ2n) is 5.98. The average Bonchev–Trinajstić information content (AvgIpc) is 3.05. The third kappa shape index (κ3) is 4.60. The number of amides is 1. The molecule has 1 saturated carbocycles. The molecule has 0 aliphatic heterocycles. The van der Waals surface area contributed by atoms with Crippen LogP contribution in [0.1, 0.15) is 39.0 Å². The summed E-state index contributed by atoms with van der Waals surface area (Å²) in [5.74, 6) is 0.500. The van der Waals surface area contributed by atoms with Crippen molar-refractivity contribution in [1.29, 1.82) is 0 Å². The molecule has 5 nitrogen and oxygen atoms in total. The number of aromatic nitrogens is 2. The lowest BCUT2D eigenvalue weighted by molar-refractivity contribution is -0.121. The van der Waals surface area contributed by atoms with Crippen LogP contribution >= 0.6 is 27.7 Å². The topological polar surface area (TPSA) is 68.0 Å². The van der Waals surface area contributed by atoms with Crippen LogP contribution in [0.25, 0.3) is 11.5 Å². The first-order valence-corrected chi connectivity index (χ1v) is 9.85. The minimum atomic E-state index is -0.259. The number of benzene rings is 1. The molecule has 1 fully saturated rings. The maximum atomic E-state index is 12.3. The van der Waals surface area contributed by atoms with E-state index >= 15 is 0 Å². The number of hydrogen-bond acceptors (Lipinski definition) is 5. The molecule has 1 aromatic carbocycles. The van der Waals surface area contributed by atoms with E-state index in [2.05, 4.69) is 31.4 Å². The van der Waals surface area contributed by atoms with Gasteiger partial charge in [-0.05, 0) is 44.0 Å². The Morgan fingerprint density at radius 1 is 1.25 bits per heavy atom. The number of nitrogens with zero attached hydrogens (tertiary/aromatic N) is 2. The zero-order valence-electron chi connectivity index (χ0n) is 13.5. The average molecular weight is 410 g/mol. The highest BCUT2D eigenvalue weighted by molar-refractivity contribution is 9.10. The lowest BCUT2D eigenvalue weighted by Crippen LogP contribution is -2.40. The summed E-state index contributed by atoms with van der Waals surface area (Å²) < 4.78 is 6.66. The zero-order chi connectivity index (χ0) is 16.9. The van der Waals surface area contributed by atoms with E-state index in [1.807, 2.05) is 31.2 Å². The molecule has 1 unspecified atom stereocenters. The molecule has 0 spiro atoms. The van der Waals surface area contributed by atoms with Gasteiger partial charge in [-0.3, -0.25) is 4.79 Å². The van der Waals surface area contributed by atoms with E-state index < -0.39 is 0 Å². The van der Waals surface area contributed by atoms with Crippen LogP contribution in [0.5, 0.6) is 0 Å². The molecule has 128 valence electrons. The van der Waals surface area contributed by atoms with Crippen LogP contribution in [0.4, 0.5) is 0 Å². The van der Waals surface area contributed by atoms with Crippen molar-refractivity contribution in [2.45, 2.75) is 55.5 Å². The first-order valence-electron chi connectivity index (χ1n) is 8.18. The number of thioether (sulfide) groups is 1. The summed E-state index contributed by atoms with van der Waals surface area (Å²) in [5.41, 5.74) is 0.858. The Hall–Kier alpha value is -1.34. The Morgan fingerprint density at radius 3 is 2.67 bits per heavy atom. The van der Waals surface area contributed by atoms with Crippen LogP contribution in [-0.4, -0.2) is 27.4 Å². The number of halogens is 1. The van der Waals surface area contributed by atoms with Crippen molar-refractivity contribution in [3.05, 3.63) is 28.7 Å². The smallest absolute Gasteiger partial charge is 0.277 e. The van der Waals surface area contributed by atoms with Crippen LogP contribution < -0.4 is 5.32 Å². The summed E-state index contributed by atoms with van der Waals surface area (Å²) >= 11 is 4.69. The van der Waals surface area contributed by atoms with Crippen molar-refractivity contribution in [1.82, 2.24) is 15.5 Å². The SMILES string of the molecule is CC(Sc1nnc(-c2ccc(Br)cc2)o1)C(=O)NC1CCCCC1. The molecule has 24 heavy (non-hydrogen) atoms. The van der Waals surface area contributed by atoms with Gasteiger partial charge in [0.25, 0.3) is 5.22 Å². The largest absolute Gasteiger partial charge is 0.411 e. The molecule has 3 rings (SSSR count). The molecule has 2 aromatic rings.